The van der Waals surface area contributed by atoms with Crippen molar-refractivity contribution >= 4 is 23.4 Å². The van der Waals surface area contributed by atoms with Gasteiger partial charge >= 0.3 is 0 Å². The van der Waals surface area contributed by atoms with Gasteiger partial charge in [0.2, 0.25) is 0 Å². The quantitative estimate of drug-likeness (QED) is 0.770. The summed E-state index contributed by atoms with van der Waals surface area (Å²) < 4.78 is 0. The molecule has 0 unspecified atom stereocenters. The van der Waals surface area contributed by atoms with E-state index in [1.54, 1.807) is 19.0 Å². The van der Waals surface area contributed by atoms with Crippen LogP contribution < -0.4 is 5.32 Å². The second kappa shape index (κ2) is 8.03. The highest BCUT2D eigenvalue weighted by Crippen LogP contribution is 2.11. The van der Waals surface area contributed by atoms with Crippen molar-refractivity contribution in [2.45, 2.75) is 13.3 Å². The predicted octanol–water partition coefficient (Wildman–Crippen LogP) is 2.94. The topological polar surface area (TPSA) is 32.3 Å². The molecular weight excluding hydrogens is 244 g/mol. The third-order valence-electron chi connectivity index (χ3n) is 2.54. The van der Waals surface area contributed by atoms with Crippen LogP contribution in [0.5, 0.6) is 0 Å². The van der Waals surface area contributed by atoms with Gasteiger partial charge in [-0.3, -0.25) is 4.79 Å². The molecule has 0 saturated carbocycles. The number of nitrogens with zero attached hydrogens (tertiary/aromatic N) is 1. The van der Waals surface area contributed by atoms with Crippen LogP contribution in [0, 0.1) is 0 Å². The molecule has 0 atom stereocenters. The van der Waals surface area contributed by atoms with Gasteiger partial charge in [-0.05, 0) is 42.2 Å². The monoisotopic (exact) mass is 266 g/mol. The van der Waals surface area contributed by atoms with Gasteiger partial charge in [-0.2, -0.15) is 11.8 Å². The zero-order valence-electron chi connectivity index (χ0n) is 11.4. The third-order valence-corrected chi connectivity index (χ3v) is 3.52. The minimum absolute atomic E-state index is 0.0425. The molecule has 0 aliphatic carbocycles. The van der Waals surface area contributed by atoms with Crippen LogP contribution in [-0.4, -0.2) is 43.0 Å². The molecule has 1 aromatic carbocycles. The van der Waals surface area contributed by atoms with Crippen LogP contribution in [0.25, 0.3) is 0 Å². The number of amides is 1. The van der Waals surface area contributed by atoms with E-state index in [2.05, 4.69) is 12.2 Å². The van der Waals surface area contributed by atoms with Crippen molar-refractivity contribution in [3.05, 3.63) is 29.8 Å². The van der Waals surface area contributed by atoms with Crippen LogP contribution in [0.3, 0.4) is 0 Å². The van der Waals surface area contributed by atoms with Crippen molar-refractivity contribution in [3.8, 4) is 0 Å². The summed E-state index contributed by atoms with van der Waals surface area (Å²) in [5, 5.41) is 3.36. The standard InChI is InChI=1S/C14H22N2OS/c1-4-18-11-5-10-15-13-8-6-12(7-9-13)14(17)16(2)3/h6-9,15H,4-5,10-11H2,1-3H3. The van der Waals surface area contributed by atoms with E-state index in [-0.39, 0.29) is 5.91 Å². The maximum Gasteiger partial charge on any atom is 0.253 e. The van der Waals surface area contributed by atoms with E-state index < -0.39 is 0 Å². The van der Waals surface area contributed by atoms with Gasteiger partial charge in [0, 0.05) is 31.9 Å². The first-order valence-electron chi connectivity index (χ1n) is 6.28. The first kappa shape index (κ1) is 14.9. The van der Waals surface area contributed by atoms with E-state index in [1.165, 1.54) is 11.5 Å². The Morgan fingerprint density at radius 3 is 2.50 bits per heavy atom. The second-order valence-corrected chi connectivity index (χ2v) is 5.65. The molecule has 18 heavy (non-hydrogen) atoms. The first-order chi connectivity index (χ1) is 8.65. The highest BCUT2D eigenvalue weighted by Gasteiger charge is 2.06. The van der Waals surface area contributed by atoms with Gasteiger partial charge in [0.25, 0.3) is 5.91 Å². The van der Waals surface area contributed by atoms with E-state index in [1.807, 2.05) is 36.0 Å². The van der Waals surface area contributed by atoms with Crippen molar-refractivity contribution in [3.63, 3.8) is 0 Å². The van der Waals surface area contributed by atoms with Gasteiger partial charge in [-0.25, -0.2) is 0 Å². The van der Waals surface area contributed by atoms with Gasteiger partial charge in [-0.1, -0.05) is 6.92 Å². The number of carbonyl (C=O) groups excluding carboxylic acids is 1. The number of thioether (sulfide) groups is 1. The Kier molecular flexibility index (Phi) is 6.65. The Bertz CT molecular complexity index is 363. The van der Waals surface area contributed by atoms with E-state index in [9.17, 15) is 4.79 Å². The zero-order valence-corrected chi connectivity index (χ0v) is 12.2. The van der Waals surface area contributed by atoms with Crippen molar-refractivity contribution in [1.29, 1.82) is 0 Å². The van der Waals surface area contributed by atoms with Crippen molar-refractivity contribution in [1.82, 2.24) is 4.90 Å². The Morgan fingerprint density at radius 1 is 1.28 bits per heavy atom. The normalized spacial score (nSPS) is 10.2. The molecule has 1 amide bonds. The summed E-state index contributed by atoms with van der Waals surface area (Å²) in [4.78, 5) is 13.3. The first-order valence-corrected chi connectivity index (χ1v) is 7.44. The number of hydrogen-bond acceptors (Lipinski definition) is 3. The molecule has 0 radical (unpaired) electrons. The number of carbonyl (C=O) groups is 1. The summed E-state index contributed by atoms with van der Waals surface area (Å²) in [6.07, 6.45) is 1.16. The smallest absolute Gasteiger partial charge is 0.253 e. The highest BCUT2D eigenvalue weighted by atomic mass is 32.2. The highest BCUT2D eigenvalue weighted by molar-refractivity contribution is 7.99. The molecule has 0 aromatic heterocycles. The fourth-order valence-corrected chi connectivity index (χ4v) is 2.18. The second-order valence-electron chi connectivity index (χ2n) is 4.25. The fraction of sp³-hybridized carbons (Fsp3) is 0.500. The van der Waals surface area contributed by atoms with E-state index >= 15 is 0 Å². The molecule has 0 aliphatic heterocycles. The van der Waals surface area contributed by atoms with Gasteiger partial charge in [0.1, 0.15) is 0 Å². The van der Waals surface area contributed by atoms with Crippen LogP contribution in [-0.2, 0) is 0 Å². The minimum atomic E-state index is 0.0425. The summed E-state index contributed by atoms with van der Waals surface area (Å²) in [6, 6.07) is 7.66. The van der Waals surface area contributed by atoms with Crippen LogP contribution >= 0.6 is 11.8 Å². The molecule has 100 valence electrons. The molecule has 0 spiro atoms. The molecule has 1 rings (SSSR count). The van der Waals surface area contributed by atoms with E-state index in [0.29, 0.717) is 0 Å². The summed E-state index contributed by atoms with van der Waals surface area (Å²) in [5.74, 6) is 2.42. The Morgan fingerprint density at radius 2 is 1.94 bits per heavy atom. The fourth-order valence-electron chi connectivity index (χ4n) is 1.54. The molecular formula is C14H22N2OS. The number of rotatable bonds is 7. The van der Waals surface area contributed by atoms with Crippen LogP contribution in [0.2, 0.25) is 0 Å². The number of benzene rings is 1. The lowest BCUT2D eigenvalue weighted by Crippen LogP contribution is -2.21. The van der Waals surface area contributed by atoms with Crippen LogP contribution in [0.1, 0.15) is 23.7 Å². The maximum atomic E-state index is 11.7. The minimum Gasteiger partial charge on any atom is -0.385 e. The molecule has 0 heterocycles. The Balaban J connectivity index is 2.38. The third kappa shape index (κ3) is 5.00. The molecule has 0 fully saturated rings. The summed E-state index contributed by atoms with van der Waals surface area (Å²) in [6.45, 7) is 3.16. The lowest BCUT2D eigenvalue weighted by molar-refractivity contribution is 0.0827. The van der Waals surface area contributed by atoms with Gasteiger partial charge in [0.05, 0.1) is 0 Å². The maximum absolute atomic E-state index is 11.7. The zero-order chi connectivity index (χ0) is 13.4. The van der Waals surface area contributed by atoms with Gasteiger partial charge < -0.3 is 10.2 Å². The summed E-state index contributed by atoms with van der Waals surface area (Å²) in [7, 11) is 3.53. The number of anilines is 1. The number of nitrogens with one attached hydrogen (secondary N) is 1. The van der Waals surface area contributed by atoms with Crippen molar-refractivity contribution in [2.24, 2.45) is 0 Å². The van der Waals surface area contributed by atoms with E-state index in [0.717, 1.165) is 24.2 Å². The van der Waals surface area contributed by atoms with Gasteiger partial charge in [0.15, 0.2) is 0 Å². The predicted molar refractivity (Wildman–Crippen MR) is 80.6 cm³/mol. The summed E-state index contributed by atoms with van der Waals surface area (Å²) in [5.41, 5.74) is 1.80. The molecule has 3 nitrogen and oxygen atoms in total. The van der Waals surface area contributed by atoms with Crippen LogP contribution in [0.15, 0.2) is 24.3 Å². The molecule has 0 bridgehead atoms. The average Bonchev–Trinajstić information content (AvgIpc) is 2.38. The Labute approximate surface area is 114 Å². The lowest BCUT2D eigenvalue weighted by atomic mass is 10.2. The summed E-state index contributed by atoms with van der Waals surface area (Å²) >= 11 is 1.96. The Hall–Kier alpha value is -1.16. The van der Waals surface area contributed by atoms with Gasteiger partial charge in [-0.15, -0.1) is 0 Å². The average molecular weight is 266 g/mol. The van der Waals surface area contributed by atoms with Crippen molar-refractivity contribution < 1.29 is 4.79 Å². The molecule has 4 heteroatoms. The molecule has 1 aromatic rings. The molecule has 1 N–H and O–H groups in total. The molecule has 0 aliphatic rings. The van der Waals surface area contributed by atoms with Crippen LogP contribution in [0.4, 0.5) is 5.69 Å². The van der Waals surface area contributed by atoms with Crippen molar-refractivity contribution in [2.75, 3.05) is 37.5 Å². The lowest BCUT2D eigenvalue weighted by Gasteiger charge is -2.11. The van der Waals surface area contributed by atoms with E-state index in [4.69, 9.17) is 0 Å². The number of hydrogen-bond donors (Lipinski definition) is 1. The SMILES string of the molecule is CCSCCCNc1ccc(C(=O)N(C)C)cc1. The largest absolute Gasteiger partial charge is 0.385 e. The molecule has 0 saturated heterocycles.